The molecule has 0 saturated carbocycles. The Morgan fingerprint density at radius 3 is 2.50 bits per heavy atom. The van der Waals surface area contributed by atoms with Gasteiger partial charge in [-0.25, -0.2) is 0 Å². The lowest BCUT2D eigenvalue weighted by Crippen LogP contribution is -2.38. The number of aromatic nitrogens is 1. The number of ether oxygens (including phenoxy) is 2. The zero-order chi connectivity index (χ0) is 19.9. The molecule has 150 valence electrons. The maximum atomic E-state index is 13.1. The van der Waals surface area contributed by atoms with Crippen LogP contribution in [0.3, 0.4) is 0 Å². The molecule has 1 saturated heterocycles. The first kappa shape index (κ1) is 20.1. The first-order chi connectivity index (χ1) is 13.5. The van der Waals surface area contributed by atoms with Crippen LogP contribution in [0.1, 0.15) is 43.5 Å². The van der Waals surface area contributed by atoms with Gasteiger partial charge in [-0.2, -0.15) is 4.98 Å². The summed E-state index contributed by atoms with van der Waals surface area (Å²) in [5.41, 5.74) is 6.20. The van der Waals surface area contributed by atoms with E-state index in [-0.39, 0.29) is 12.0 Å². The van der Waals surface area contributed by atoms with Crippen molar-refractivity contribution in [3.8, 4) is 17.5 Å². The zero-order valence-corrected chi connectivity index (χ0v) is 16.6. The minimum atomic E-state index is -0.0468. The van der Waals surface area contributed by atoms with Gasteiger partial charge in [-0.1, -0.05) is 18.2 Å². The Morgan fingerprint density at radius 1 is 1.18 bits per heavy atom. The van der Waals surface area contributed by atoms with Crippen molar-refractivity contribution in [3.63, 3.8) is 0 Å². The van der Waals surface area contributed by atoms with Crippen molar-refractivity contribution in [2.45, 2.75) is 39.2 Å². The predicted molar refractivity (Wildman–Crippen MR) is 109 cm³/mol. The Bertz CT molecular complexity index is 772. The van der Waals surface area contributed by atoms with Gasteiger partial charge in [-0.05, 0) is 57.7 Å². The molecular formula is C22H29N3O3. The second kappa shape index (κ2) is 9.55. The molecule has 2 N–H and O–H groups in total. The third-order valence-electron chi connectivity index (χ3n) is 4.82. The van der Waals surface area contributed by atoms with E-state index in [1.165, 1.54) is 0 Å². The molecular weight excluding hydrogens is 354 g/mol. The fourth-order valence-electron chi connectivity index (χ4n) is 3.41. The van der Waals surface area contributed by atoms with Gasteiger partial charge >= 0.3 is 0 Å². The van der Waals surface area contributed by atoms with Gasteiger partial charge < -0.3 is 20.1 Å². The molecule has 0 aliphatic carbocycles. The van der Waals surface area contributed by atoms with Crippen molar-refractivity contribution >= 4 is 5.91 Å². The van der Waals surface area contributed by atoms with Gasteiger partial charge in [0.15, 0.2) is 0 Å². The van der Waals surface area contributed by atoms with Crippen molar-refractivity contribution in [2.75, 3.05) is 19.6 Å². The fourth-order valence-corrected chi connectivity index (χ4v) is 3.41. The Morgan fingerprint density at radius 2 is 1.86 bits per heavy atom. The second-order valence-electron chi connectivity index (χ2n) is 7.43. The van der Waals surface area contributed by atoms with Crippen LogP contribution in [0.2, 0.25) is 0 Å². The summed E-state index contributed by atoms with van der Waals surface area (Å²) < 4.78 is 11.6. The number of piperidine rings is 1. The topological polar surface area (TPSA) is 77.7 Å². The molecule has 1 amide bonds. The van der Waals surface area contributed by atoms with Crippen molar-refractivity contribution in [1.82, 2.24) is 9.88 Å². The summed E-state index contributed by atoms with van der Waals surface area (Å²) in [6, 6.07) is 12.8. The number of rotatable bonds is 7. The monoisotopic (exact) mass is 383 g/mol. The molecule has 1 aliphatic heterocycles. The Labute approximate surface area is 166 Å². The molecule has 2 aromatic rings. The number of para-hydroxylation sites is 1. The van der Waals surface area contributed by atoms with Gasteiger partial charge in [0.25, 0.3) is 5.91 Å². The number of hydrogen-bond donors (Lipinski definition) is 1. The van der Waals surface area contributed by atoms with Crippen LogP contribution in [0.5, 0.6) is 17.5 Å². The summed E-state index contributed by atoms with van der Waals surface area (Å²) in [7, 11) is 0. The molecule has 6 heteroatoms. The third-order valence-corrected chi connectivity index (χ3v) is 4.82. The predicted octanol–water partition coefficient (Wildman–Crippen LogP) is 3.86. The van der Waals surface area contributed by atoms with Gasteiger partial charge in [-0.3, -0.25) is 4.79 Å². The lowest BCUT2D eigenvalue weighted by atomic mass is 9.93. The molecule has 1 aromatic heterocycles. The first-order valence-electron chi connectivity index (χ1n) is 9.96. The molecule has 3 rings (SSSR count). The summed E-state index contributed by atoms with van der Waals surface area (Å²) in [6.07, 6.45) is 2.97. The lowest BCUT2D eigenvalue weighted by molar-refractivity contribution is 0.0686. The van der Waals surface area contributed by atoms with Crippen LogP contribution in [0, 0.1) is 5.92 Å². The second-order valence-corrected chi connectivity index (χ2v) is 7.43. The van der Waals surface area contributed by atoms with Gasteiger partial charge in [0.05, 0.1) is 11.7 Å². The molecule has 0 spiro atoms. The molecule has 6 nitrogen and oxygen atoms in total. The lowest BCUT2D eigenvalue weighted by Gasteiger charge is -2.32. The quantitative estimate of drug-likeness (QED) is 0.785. The minimum Gasteiger partial charge on any atom is -0.475 e. The van der Waals surface area contributed by atoms with E-state index in [4.69, 9.17) is 15.2 Å². The van der Waals surface area contributed by atoms with Gasteiger partial charge in [0.2, 0.25) is 11.8 Å². The summed E-state index contributed by atoms with van der Waals surface area (Å²) in [5, 5.41) is 0. The highest BCUT2D eigenvalue weighted by Crippen LogP contribution is 2.27. The number of carbonyl (C=O) groups is 1. The van der Waals surface area contributed by atoms with E-state index < -0.39 is 0 Å². The van der Waals surface area contributed by atoms with Crippen molar-refractivity contribution < 1.29 is 14.3 Å². The Kier molecular flexibility index (Phi) is 6.87. The van der Waals surface area contributed by atoms with Crippen molar-refractivity contribution in [2.24, 2.45) is 11.7 Å². The normalized spacial score (nSPS) is 14.9. The van der Waals surface area contributed by atoms with Crippen LogP contribution in [0.15, 0.2) is 42.5 Å². The summed E-state index contributed by atoms with van der Waals surface area (Å²) in [5.74, 6) is 2.01. The van der Waals surface area contributed by atoms with Crippen LogP contribution < -0.4 is 15.2 Å². The van der Waals surface area contributed by atoms with Crippen LogP contribution in [-0.4, -0.2) is 41.5 Å². The third kappa shape index (κ3) is 5.45. The average Bonchev–Trinajstić information content (AvgIpc) is 2.68. The van der Waals surface area contributed by atoms with Crippen LogP contribution >= 0.6 is 0 Å². The number of nitrogens with two attached hydrogens (primary N) is 1. The minimum absolute atomic E-state index is 0.0138. The van der Waals surface area contributed by atoms with E-state index >= 15 is 0 Å². The zero-order valence-electron chi connectivity index (χ0n) is 16.6. The Hall–Kier alpha value is -2.60. The summed E-state index contributed by atoms with van der Waals surface area (Å²) in [4.78, 5) is 19.4. The molecule has 2 heterocycles. The smallest absolute Gasteiger partial charge is 0.254 e. The highest BCUT2D eigenvalue weighted by Gasteiger charge is 2.24. The van der Waals surface area contributed by atoms with E-state index in [0.717, 1.165) is 32.4 Å². The van der Waals surface area contributed by atoms with Crippen molar-refractivity contribution in [3.05, 3.63) is 48.0 Å². The standard InChI is InChI=1S/C22H29N3O3/c1-16(2)27-20-14-18(15-21(24-20)28-19-6-4-3-5-7-19)22(26)25-12-9-17(8-11-23)10-13-25/h3-7,14-17H,8-13,23H2,1-2H3. The molecule has 28 heavy (non-hydrogen) atoms. The highest BCUT2D eigenvalue weighted by molar-refractivity contribution is 5.94. The molecule has 0 atom stereocenters. The van der Waals surface area contributed by atoms with Gasteiger partial charge in [0, 0.05) is 25.2 Å². The number of nitrogens with zero attached hydrogens (tertiary/aromatic N) is 2. The SMILES string of the molecule is CC(C)Oc1cc(C(=O)N2CCC(CCN)CC2)cc(Oc2ccccc2)n1. The molecule has 1 aliphatic rings. The molecule has 0 unspecified atom stereocenters. The summed E-state index contributed by atoms with van der Waals surface area (Å²) >= 11 is 0. The molecule has 0 bridgehead atoms. The number of benzene rings is 1. The van der Waals surface area contributed by atoms with E-state index in [2.05, 4.69) is 4.98 Å². The van der Waals surface area contributed by atoms with E-state index in [1.807, 2.05) is 49.1 Å². The maximum Gasteiger partial charge on any atom is 0.254 e. The maximum absolute atomic E-state index is 13.1. The first-order valence-corrected chi connectivity index (χ1v) is 9.96. The average molecular weight is 383 g/mol. The molecule has 1 aromatic carbocycles. The number of amides is 1. The van der Waals surface area contributed by atoms with Crippen LogP contribution in [0.4, 0.5) is 0 Å². The highest BCUT2D eigenvalue weighted by atomic mass is 16.5. The van der Waals surface area contributed by atoms with Gasteiger partial charge in [0.1, 0.15) is 5.75 Å². The largest absolute Gasteiger partial charge is 0.475 e. The number of carbonyl (C=O) groups excluding carboxylic acids is 1. The van der Waals surface area contributed by atoms with Crippen LogP contribution in [-0.2, 0) is 0 Å². The molecule has 1 fully saturated rings. The Balaban J connectivity index is 1.78. The number of pyridine rings is 1. The van der Waals surface area contributed by atoms with Crippen LogP contribution in [0.25, 0.3) is 0 Å². The van der Waals surface area contributed by atoms with E-state index in [0.29, 0.717) is 35.5 Å². The van der Waals surface area contributed by atoms with E-state index in [1.54, 1.807) is 12.1 Å². The number of likely N-dealkylation sites (tertiary alicyclic amines) is 1. The molecule has 0 radical (unpaired) electrons. The summed E-state index contributed by atoms with van der Waals surface area (Å²) in [6.45, 7) is 6.06. The van der Waals surface area contributed by atoms with Crippen molar-refractivity contribution in [1.29, 1.82) is 0 Å². The fraction of sp³-hybridized carbons (Fsp3) is 0.455. The van der Waals surface area contributed by atoms with Gasteiger partial charge in [-0.15, -0.1) is 0 Å². The van der Waals surface area contributed by atoms with E-state index in [9.17, 15) is 4.79 Å². The number of hydrogen-bond acceptors (Lipinski definition) is 5.